The van der Waals surface area contributed by atoms with Crippen LogP contribution in [0.2, 0.25) is 0 Å². The largest absolute Gasteiger partial charge is 0.374 e. The molecule has 1 aromatic carbocycles. The molecular weight excluding hydrogens is 206 g/mol. The number of nitrogens with zero attached hydrogens (tertiary/aromatic N) is 2. The Bertz CT molecular complexity index is 488. The van der Waals surface area contributed by atoms with Crippen molar-refractivity contribution < 1.29 is 0 Å². The van der Waals surface area contributed by atoms with E-state index in [9.17, 15) is 0 Å². The van der Waals surface area contributed by atoms with E-state index in [0.29, 0.717) is 11.0 Å². The summed E-state index contributed by atoms with van der Waals surface area (Å²) in [7, 11) is 0. The summed E-state index contributed by atoms with van der Waals surface area (Å²) in [6, 6.07) is 8.35. The Morgan fingerprint density at radius 2 is 2.07 bits per heavy atom. The quantitative estimate of drug-likeness (QED) is 0.841. The maximum Gasteiger partial charge on any atom is 0.200 e. The molecule has 0 amide bonds. The highest BCUT2D eigenvalue weighted by Crippen LogP contribution is 2.43. The Morgan fingerprint density at radius 1 is 1.27 bits per heavy atom. The van der Waals surface area contributed by atoms with Gasteiger partial charge in [0.05, 0.1) is 0 Å². The molecule has 76 valence electrons. The van der Waals surface area contributed by atoms with Gasteiger partial charge in [0.1, 0.15) is 0 Å². The summed E-state index contributed by atoms with van der Waals surface area (Å²) < 4.78 is 4.26. The third kappa shape index (κ3) is 1.61. The summed E-state index contributed by atoms with van der Waals surface area (Å²) >= 11 is 1.26. The standard InChI is InChI=1S/C11H11N3S/c12-11-13-10(14-15-11)9-4-2-1-3-8(9)7-5-6-7/h1-4,7H,5-6H2,(H2,12,13,14). The molecule has 3 rings (SSSR count). The molecule has 0 radical (unpaired) electrons. The number of rotatable bonds is 2. The second kappa shape index (κ2) is 3.31. The van der Waals surface area contributed by atoms with Gasteiger partial charge in [-0.1, -0.05) is 24.3 Å². The maximum atomic E-state index is 5.60. The summed E-state index contributed by atoms with van der Waals surface area (Å²) in [6.07, 6.45) is 2.58. The molecular formula is C11H11N3S. The Balaban J connectivity index is 2.10. The van der Waals surface area contributed by atoms with Gasteiger partial charge in [-0.15, -0.1) is 0 Å². The Hall–Kier alpha value is -1.42. The third-order valence-corrected chi connectivity index (χ3v) is 3.20. The van der Waals surface area contributed by atoms with Gasteiger partial charge < -0.3 is 5.73 Å². The molecule has 1 aliphatic carbocycles. The Kier molecular flexibility index (Phi) is 1.95. The monoisotopic (exact) mass is 217 g/mol. The van der Waals surface area contributed by atoms with Crippen molar-refractivity contribution in [3.05, 3.63) is 29.8 Å². The van der Waals surface area contributed by atoms with Crippen molar-refractivity contribution in [3.8, 4) is 11.4 Å². The van der Waals surface area contributed by atoms with Crippen LogP contribution in [0, 0.1) is 0 Å². The summed E-state index contributed by atoms with van der Waals surface area (Å²) in [6.45, 7) is 0. The molecule has 0 bridgehead atoms. The molecule has 1 aliphatic rings. The van der Waals surface area contributed by atoms with Crippen molar-refractivity contribution in [3.63, 3.8) is 0 Å². The smallest absolute Gasteiger partial charge is 0.200 e. The minimum absolute atomic E-state index is 0.538. The van der Waals surface area contributed by atoms with E-state index in [1.807, 2.05) is 6.07 Å². The molecule has 0 unspecified atom stereocenters. The van der Waals surface area contributed by atoms with Gasteiger partial charge in [0.2, 0.25) is 0 Å². The van der Waals surface area contributed by atoms with Crippen LogP contribution in [0.3, 0.4) is 0 Å². The first-order chi connectivity index (χ1) is 7.34. The number of hydrogen-bond acceptors (Lipinski definition) is 4. The zero-order chi connectivity index (χ0) is 10.3. The van der Waals surface area contributed by atoms with E-state index < -0.39 is 0 Å². The van der Waals surface area contributed by atoms with Gasteiger partial charge in [-0.3, -0.25) is 0 Å². The van der Waals surface area contributed by atoms with Crippen LogP contribution in [0.15, 0.2) is 24.3 Å². The number of nitrogen functional groups attached to an aromatic ring is 1. The molecule has 2 aromatic rings. The number of hydrogen-bond donors (Lipinski definition) is 1. The number of nitrogens with two attached hydrogens (primary N) is 1. The van der Waals surface area contributed by atoms with Crippen molar-refractivity contribution in [2.24, 2.45) is 0 Å². The zero-order valence-electron chi connectivity index (χ0n) is 8.18. The van der Waals surface area contributed by atoms with Gasteiger partial charge in [0, 0.05) is 17.1 Å². The molecule has 1 heterocycles. The average Bonchev–Trinajstić information content (AvgIpc) is 3.02. The second-order valence-corrected chi connectivity index (χ2v) is 4.60. The van der Waals surface area contributed by atoms with Crippen LogP contribution in [-0.2, 0) is 0 Å². The minimum Gasteiger partial charge on any atom is -0.374 e. The van der Waals surface area contributed by atoms with Gasteiger partial charge in [-0.2, -0.15) is 9.36 Å². The normalized spacial score (nSPS) is 15.5. The predicted molar refractivity (Wildman–Crippen MR) is 61.7 cm³/mol. The molecule has 0 saturated heterocycles. The van der Waals surface area contributed by atoms with E-state index in [4.69, 9.17) is 5.73 Å². The minimum atomic E-state index is 0.538. The molecule has 1 aromatic heterocycles. The molecule has 1 fully saturated rings. The first-order valence-electron chi connectivity index (χ1n) is 5.03. The van der Waals surface area contributed by atoms with Crippen LogP contribution in [-0.4, -0.2) is 9.36 Å². The molecule has 2 N–H and O–H groups in total. The lowest BCUT2D eigenvalue weighted by atomic mass is 10.0. The first kappa shape index (κ1) is 8.85. The fourth-order valence-electron chi connectivity index (χ4n) is 1.80. The van der Waals surface area contributed by atoms with Crippen molar-refractivity contribution in [2.45, 2.75) is 18.8 Å². The predicted octanol–water partition coefficient (Wildman–Crippen LogP) is 2.66. The molecule has 3 nitrogen and oxygen atoms in total. The van der Waals surface area contributed by atoms with Crippen LogP contribution in [0.5, 0.6) is 0 Å². The van der Waals surface area contributed by atoms with Crippen molar-refractivity contribution in [1.82, 2.24) is 9.36 Å². The van der Waals surface area contributed by atoms with E-state index in [1.54, 1.807) is 0 Å². The SMILES string of the molecule is Nc1nc(-c2ccccc2C2CC2)ns1. The maximum absolute atomic E-state index is 5.60. The Morgan fingerprint density at radius 3 is 2.73 bits per heavy atom. The Labute approximate surface area is 92.1 Å². The highest BCUT2D eigenvalue weighted by Gasteiger charge is 2.26. The topological polar surface area (TPSA) is 51.8 Å². The van der Waals surface area contributed by atoms with Gasteiger partial charge >= 0.3 is 0 Å². The average molecular weight is 217 g/mol. The van der Waals surface area contributed by atoms with E-state index in [0.717, 1.165) is 11.4 Å². The highest BCUT2D eigenvalue weighted by molar-refractivity contribution is 7.09. The van der Waals surface area contributed by atoms with Crippen LogP contribution in [0.25, 0.3) is 11.4 Å². The fourth-order valence-corrected chi connectivity index (χ4v) is 2.24. The van der Waals surface area contributed by atoms with Gasteiger partial charge in [-0.05, 0) is 24.3 Å². The summed E-state index contributed by atoms with van der Waals surface area (Å²) in [4.78, 5) is 4.24. The van der Waals surface area contributed by atoms with E-state index >= 15 is 0 Å². The first-order valence-corrected chi connectivity index (χ1v) is 5.80. The lowest BCUT2D eigenvalue weighted by molar-refractivity contribution is 1.12. The van der Waals surface area contributed by atoms with Gasteiger partial charge in [0.15, 0.2) is 11.0 Å². The van der Waals surface area contributed by atoms with Crippen LogP contribution in [0.4, 0.5) is 5.13 Å². The summed E-state index contributed by atoms with van der Waals surface area (Å²) in [5.74, 6) is 1.49. The van der Waals surface area contributed by atoms with Crippen LogP contribution >= 0.6 is 11.5 Å². The zero-order valence-corrected chi connectivity index (χ0v) is 9.00. The molecule has 0 spiro atoms. The van der Waals surface area contributed by atoms with Crippen molar-refractivity contribution in [1.29, 1.82) is 0 Å². The summed E-state index contributed by atoms with van der Waals surface area (Å²) in [5, 5.41) is 0.538. The van der Waals surface area contributed by atoms with Crippen molar-refractivity contribution >= 4 is 16.7 Å². The fraction of sp³-hybridized carbons (Fsp3) is 0.273. The van der Waals surface area contributed by atoms with Crippen LogP contribution in [0.1, 0.15) is 24.3 Å². The second-order valence-electron chi connectivity index (χ2n) is 3.82. The van der Waals surface area contributed by atoms with E-state index in [2.05, 4.69) is 27.6 Å². The molecule has 0 atom stereocenters. The number of benzene rings is 1. The summed E-state index contributed by atoms with van der Waals surface area (Å²) in [5.41, 5.74) is 8.12. The molecule has 4 heteroatoms. The third-order valence-electron chi connectivity index (χ3n) is 2.66. The molecule has 0 aliphatic heterocycles. The lowest BCUT2D eigenvalue weighted by Gasteiger charge is -2.03. The molecule has 15 heavy (non-hydrogen) atoms. The van der Waals surface area contributed by atoms with Gasteiger partial charge in [-0.25, -0.2) is 0 Å². The highest BCUT2D eigenvalue weighted by atomic mass is 32.1. The van der Waals surface area contributed by atoms with Gasteiger partial charge in [0.25, 0.3) is 0 Å². The lowest BCUT2D eigenvalue weighted by Crippen LogP contribution is -1.89. The molecule has 1 saturated carbocycles. The van der Waals surface area contributed by atoms with E-state index in [1.165, 1.54) is 29.9 Å². The number of anilines is 1. The van der Waals surface area contributed by atoms with Crippen molar-refractivity contribution in [2.75, 3.05) is 5.73 Å². The van der Waals surface area contributed by atoms with Crippen LogP contribution < -0.4 is 5.73 Å². The van der Waals surface area contributed by atoms with E-state index in [-0.39, 0.29) is 0 Å². The number of aromatic nitrogens is 2.